The van der Waals surface area contributed by atoms with E-state index in [4.69, 9.17) is 0 Å². The second-order valence-electron chi connectivity index (χ2n) is 0.725. The lowest BCUT2D eigenvalue weighted by Crippen LogP contribution is -1.56. The molecular weight excluding hydrogens is 168 g/mol. The van der Waals surface area contributed by atoms with Crippen LogP contribution in [0.2, 0.25) is 0 Å². The summed E-state index contributed by atoms with van der Waals surface area (Å²) in [5.41, 5.74) is 0. The molecule has 0 aliphatic carbocycles. The van der Waals surface area contributed by atoms with Crippen molar-refractivity contribution in [3.63, 3.8) is 0 Å². The lowest BCUT2D eigenvalue weighted by atomic mass is 11.7. The van der Waals surface area contributed by atoms with Crippen LogP contribution in [0.15, 0.2) is 9.57 Å². The first-order chi connectivity index (χ1) is 4.13. The normalized spacial score (nSPS) is 7.11. The molecule has 0 aromatic rings. The smallest absolute Gasteiger partial charge is 0.174 e. The van der Waals surface area contributed by atoms with E-state index in [9.17, 15) is 16.8 Å². The van der Waals surface area contributed by atoms with Crippen LogP contribution in [0.1, 0.15) is 0 Å². The minimum absolute atomic E-state index is 1.36. The van der Waals surface area contributed by atoms with E-state index in [1.165, 1.54) is 5.16 Å². The third-order valence-electron chi connectivity index (χ3n) is 0.223. The maximum Gasteiger partial charge on any atom is 0.335 e. The molecule has 0 aliphatic rings. The van der Waals surface area contributed by atoms with Gasteiger partial charge in [0.15, 0.2) is 0 Å². The highest BCUT2D eigenvalue weighted by Crippen LogP contribution is 1.60. The molecule has 0 atom stereocenters. The first-order valence-electron chi connectivity index (χ1n) is 1.48. The molecule has 0 aromatic heterocycles. The number of hydrogen-bond acceptors (Lipinski definition) is 5. The van der Waals surface area contributed by atoms with Gasteiger partial charge in [-0.05, 0) is 4.47 Å². The largest absolute Gasteiger partial charge is 0.335 e. The molecule has 0 spiro atoms. The summed E-state index contributed by atoms with van der Waals surface area (Å²) in [5, 5.41) is 3.88. The molecular formula is CN2O4S2. The Labute approximate surface area is 53.1 Å². The van der Waals surface area contributed by atoms with Crippen LogP contribution in [0.4, 0.5) is 0 Å². The van der Waals surface area contributed by atoms with Gasteiger partial charge in [-0.3, -0.25) is 0 Å². The predicted molar refractivity (Wildman–Crippen MR) is 27.7 cm³/mol. The summed E-state index contributed by atoms with van der Waals surface area (Å²) in [4.78, 5) is 0. The van der Waals surface area contributed by atoms with Crippen LogP contribution in [-0.4, -0.2) is 22.0 Å². The van der Waals surface area contributed by atoms with E-state index in [-0.39, 0.29) is 0 Å². The van der Waals surface area contributed by atoms with Crippen LogP contribution in [0.25, 0.3) is 0 Å². The number of hydrogen-bond donors (Lipinski definition) is 0. The zero-order valence-electron chi connectivity index (χ0n) is 3.84. The van der Waals surface area contributed by atoms with Crippen molar-refractivity contribution >= 4 is 26.0 Å². The molecule has 0 fully saturated rings. The van der Waals surface area contributed by atoms with Gasteiger partial charge in [0.05, 0.1) is 0 Å². The van der Waals surface area contributed by atoms with E-state index in [0.717, 1.165) is 0 Å². The van der Waals surface area contributed by atoms with Gasteiger partial charge in [0, 0.05) is 0 Å². The third kappa shape index (κ3) is 7.02. The summed E-state index contributed by atoms with van der Waals surface area (Å²) < 4.78 is 40.4. The van der Waals surface area contributed by atoms with Crippen LogP contribution >= 0.6 is 0 Å². The molecule has 0 N–H and O–H groups in total. The molecule has 0 unspecified atom stereocenters. The van der Waals surface area contributed by atoms with E-state index in [0.29, 0.717) is 0 Å². The molecule has 50 valence electrons. The molecule has 0 heterocycles. The van der Waals surface area contributed by atoms with Crippen molar-refractivity contribution in [2.75, 3.05) is 0 Å². The predicted octanol–water partition coefficient (Wildman–Crippen LogP) is -1.25. The molecule has 9 heavy (non-hydrogen) atoms. The highest BCUT2D eigenvalue weighted by atomic mass is 32.2. The second-order valence-corrected chi connectivity index (χ2v) is 1.97. The van der Waals surface area contributed by atoms with Crippen LogP contribution in [0, 0.1) is 0 Å². The van der Waals surface area contributed by atoms with Gasteiger partial charge in [-0.1, -0.05) is 5.10 Å². The lowest BCUT2D eigenvalue weighted by Gasteiger charge is -1.49. The minimum Gasteiger partial charge on any atom is -0.174 e. The van der Waals surface area contributed by atoms with Gasteiger partial charge in [-0.15, -0.1) is 0 Å². The topological polar surface area (TPSA) is 93.0 Å². The van der Waals surface area contributed by atoms with Crippen molar-refractivity contribution in [2.24, 2.45) is 9.57 Å². The van der Waals surface area contributed by atoms with Gasteiger partial charge < -0.3 is 0 Å². The minimum atomic E-state index is -2.71. The Morgan fingerprint density at radius 1 is 1.11 bits per heavy atom. The highest BCUT2D eigenvalue weighted by molar-refractivity contribution is 7.70. The molecule has 0 amide bonds. The molecule has 0 saturated carbocycles. The van der Waals surface area contributed by atoms with E-state index in [1.807, 2.05) is 0 Å². The molecule has 0 bridgehead atoms. The lowest BCUT2D eigenvalue weighted by molar-refractivity contribution is 0.621. The summed E-state index contributed by atoms with van der Waals surface area (Å²) in [6.07, 6.45) is 0. The third-order valence-corrected chi connectivity index (χ3v) is 0.669. The average molecular weight is 168 g/mol. The quantitative estimate of drug-likeness (QED) is 0.277. The van der Waals surface area contributed by atoms with Gasteiger partial charge in [0.25, 0.3) is 10.3 Å². The van der Waals surface area contributed by atoms with Crippen LogP contribution in [0.5, 0.6) is 0 Å². The average Bonchev–Trinajstić information content (AvgIpc) is 1.63. The van der Waals surface area contributed by atoms with Gasteiger partial charge in [0.1, 0.15) is 5.16 Å². The maximum atomic E-state index is 9.51. The monoisotopic (exact) mass is 168 g/mol. The maximum absolute atomic E-state index is 9.51. The summed E-state index contributed by atoms with van der Waals surface area (Å²) in [5.74, 6) is 0. The Morgan fingerprint density at radius 3 is 2.00 bits per heavy atom. The number of rotatable bonds is 1. The second kappa shape index (κ2) is 3.96. The van der Waals surface area contributed by atoms with Crippen molar-refractivity contribution in [3.8, 4) is 0 Å². The first-order valence-corrected chi connectivity index (χ1v) is 3.58. The van der Waals surface area contributed by atoms with Crippen molar-refractivity contribution in [3.05, 3.63) is 0 Å². The Morgan fingerprint density at radius 2 is 1.67 bits per heavy atom. The Bertz CT molecular complexity index is 349. The van der Waals surface area contributed by atoms with Crippen LogP contribution < -0.4 is 0 Å². The number of nitrogens with zero attached hydrogens (tertiary/aromatic N) is 2. The molecule has 0 aliphatic heterocycles. The summed E-state index contributed by atoms with van der Waals surface area (Å²) in [7, 11) is -5.33. The molecule has 0 saturated heterocycles. The fourth-order valence-corrected chi connectivity index (χ4v) is 0.350. The Kier molecular flexibility index (Phi) is 3.52. The van der Waals surface area contributed by atoms with Crippen molar-refractivity contribution in [1.29, 1.82) is 0 Å². The van der Waals surface area contributed by atoms with Crippen molar-refractivity contribution in [1.82, 2.24) is 0 Å². The van der Waals surface area contributed by atoms with Gasteiger partial charge in [0.2, 0.25) is 0 Å². The van der Waals surface area contributed by atoms with E-state index >= 15 is 0 Å². The van der Waals surface area contributed by atoms with Crippen molar-refractivity contribution < 1.29 is 16.8 Å². The summed E-state index contributed by atoms with van der Waals surface area (Å²) in [6.45, 7) is 0. The fraction of sp³-hybridized carbons (Fsp3) is 0. The van der Waals surface area contributed by atoms with E-state index in [1.54, 1.807) is 0 Å². The van der Waals surface area contributed by atoms with Crippen LogP contribution in [0.3, 0.4) is 0 Å². The zero-order valence-corrected chi connectivity index (χ0v) is 5.48. The zero-order chi connectivity index (χ0) is 7.28. The standard InChI is InChI=1S/CN2O4S2/c4-8(5)1-2-3-9(6)7. The summed E-state index contributed by atoms with van der Waals surface area (Å²) >= 11 is 0. The molecule has 6 nitrogen and oxygen atoms in total. The van der Waals surface area contributed by atoms with Gasteiger partial charge in [-0.2, -0.15) is 16.8 Å². The molecule has 8 heteroatoms. The Balaban J connectivity index is 4.84. The molecule has 0 aromatic carbocycles. The molecule has 0 radical (unpaired) electrons. The SMILES string of the molecule is O=S(=O)=C=NN=S(=O)=O. The van der Waals surface area contributed by atoms with Crippen molar-refractivity contribution in [2.45, 2.75) is 0 Å². The van der Waals surface area contributed by atoms with E-state index in [2.05, 4.69) is 9.57 Å². The Hall–Kier alpha value is -0.980. The van der Waals surface area contributed by atoms with E-state index < -0.39 is 20.8 Å². The fourth-order valence-electron chi connectivity index (χ4n) is 0.0833. The highest BCUT2D eigenvalue weighted by Gasteiger charge is 1.62. The summed E-state index contributed by atoms with van der Waals surface area (Å²) in [6, 6.07) is 0. The van der Waals surface area contributed by atoms with Gasteiger partial charge in [-0.25, -0.2) is 0 Å². The first kappa shape index (κ1) is 8.02. The molecule has 0 rings (SSSR count). The van der Waals surface area contributed by atoms with Gasteiger partial charge >= 0.3 is 10.5 Å². The number of isothiocyanates is 1. The van der Waals surface area contributed by atoms with Crippen LogP contribution in [-0.2, 0) is 20.8 Å².